The maximum Gasteiger partial charge on any atom is 0.251 e. The molecule has 0 saturated carbocycles. The molecular formula is C16H25N3O2. The maximum atomic E-state index is 11.8. The van der Waals surface area contributed by atoms with Crippen molar-refractivity contribution in [2.45, 2.75) is 39.7 Å². The lowest BCUT2D eigenvalue weighted by Crippen LogP contribution is -2.41. The predicted octanol–water partition coefficient (Wildman–Crippen LogP) is 1.94. The summed E-state index contributed by atoms with van der Waals surface area (Å²) in [6.07, 6.45) is 2.01. The van der Waals surface area contributed by atoms with Crippen LogP contribution in [0.3, 0.4) is 0 Å². The van der Waals surface area contributed by atoms with Crippen LogP contribution < -0.4 is 16.4 Å². The van der Waals surface area contributed by atoms with Gasteiger partial charge < -0.3 is 16.4 Å². The standard InChI is InChI=1S/C16H25N3O2/c1-11(2)4-5-12(3)19-15(20)10-18-16(21)13-6-8-14(17)9-7-13/h6-9,11-12H,4-5,10,17H2,1-3H3,(H,18,21)(H,19,20). The molecular weight excluding hydrogens is 266 g/mol. The first-order valence-corrected chi connectivity index (χ1v) is 7.31. The third kappa shape index (κ3) is 6.79. The van der Waals surface area contributed by atoms with E-state index in [4.69, 9.17) is 5.73 Å². The van der Waals surface area contributed by atoms with Crippen LogP contribution in [0.5, 0.6) is 0 Å². The van der Waals surface area contributed by atoms with Gasteiger partial charge in [0.1, 0.15) is 0 Å². The Kier molecular flexibility index (Phi) is 6.72. The number of hydrogen-bond donors (Lipinski definition) is 3. The fourth-order valence-corrected chi connectivity index (χ4v) is 1.88. The highest BCUT2D eigenvalue weighted by atomic mass is 16.2. The molecule has 1 aromatic carbocycles. The van der Waals surface area contributed by atoms with Crippen molar-refractivity contribution in [3.63, 3.8) is 0 Å². The Morgan fingerprint density at radius 3 is 2.29 bits per heavy atom. The highest BCUT2D eigenvalue weighted by Crippen LogP contribution is 2.06. The summed E-state index contributed by atoms with van der Waals surface area (Å²) in [7, 11) is 0. The molecule has 0 aliphatic carbocycles. The van der Waals surface area contributed by atoms with Crippen molar-refractivity contribution in [2.24, 2.45) is 5.92 Å². The number of hydrogen-bond acceptors (Lipinski definition) is 3. The number of nitrogen functional groups attached to an aromatic ring is 1. The maximum absolute atomic E-state index is 11.8. The number of carbonyl (C=O) groups excluding carboxylic acids is 2. The average molecular weight is 291 g/mol. The summed E-state index contributed by atoms with van der Waals surface area (Å²) in [5.74, 6) is 0.171. The monoisotopic (exact) mass is 291 g/mol. The molecule has 0 aliphatic heterocycles. The van der Waals surface area contributed by atoms with Crippen LogP contribution in [-0.2, 0) is 4.79 Å². The minimum atomic E-state index is -0.278. The lowest BCUT2D eigenvalue weighted by Gasteiger charge is -2.15. The largest absolute Gasteiger partial charge is 0.399 e. The van der Waals surface area contributed by atoms with Crippen molar-refractivity contribution < 1.29 is 9.59 Å². The Morgan fingerprint density at radius 1 is 1.10 bits per heavy atom. The molecule has 1 aromatic rings. The van der Waals surface area contributed by atoms with E-state index in [9.17, 15) is 9.59 Å². The molecule has 0 saturated heterocycles. The SMILES string of the molecule is CC(C)CCC(C)NC(=O)CNC(=O)c1ccc(N)cc1. The topological polar surface area (TPSA) is 84.2 Å². The molecule has 0 bridgehead atoms. The Hall–Kier alpha value is -2.04. The van der Waals surface area contributed by atoms with E-state index in [1.54, 1.807) is 24.3 Å². The number of carbonyl (C=O) groups is 2. The molecule has 0 radical (unpaired) electrons. The summed E-state index contributed by atoms with van der Waals surface area (Å²) in [4.78, 5) is 23.6. The quantitative estimate of drug-likeness (QED) is 0.671. The zero-order valence-electron chi connectivity index (χ0n) is 13.0. The minimum Gasteiger partial charge on any atom is -0.399 e. The summed E-state index contributed by atoms with van der Waals surface area (Å²) in [5.41, 5.74) is 6.65. The van der Waals surface area contributed by atoms with Crippen LogP contribution >= 0.6 is 0 Å². The third-order valence-corrected chi connectivity index (χ3v) is 3.17. The molecule has 0 fully saturated rings. The van der Waals surface area contributed by atoms with Gasteiger partial charge in [-0.2, -0.15) is 0 Å². The first-order valence-electron chi connectivity index (χ1n) is 7.31. The smallest absolute Gasteiger partial charge is 0.251 e. The minimum absolute atomic E-state index is 0.0186. The highest BCUT2D eigenvalue weighted by molar-refractivity contribution is 5.96. The second-order valence-corrected chi connectivity index (χ2v) is 5.74. The van der Waals surface area contributed by atoms with Gasteiger partial charge in [-0.05, 0) is 49.9 Å². The molecule has 21 heavy (non-hydrogen) atoms. The summed E-state index contributed by atoms with van der Waals surface area (Å²) >= 11 is 0. The van der Waals surface area contributed by atoms with Crippen molar-refractivity contribution in [3.8, 4) is 0 Å². The predicted molar refractivity (Wildman–Crippen MR) is 84.9 cm³/mol. The zero-order chi connectivity index (χ0) is 15.8. The van der Waals surface area contributed by atoms with Crippen molar-refractivity contribution in [1.82, 2.24) is 10.6 Å². The van der Waals surface area contributed by atoms with Gasteiger partial charge in [0.05, 0.1) is 6.54 Å². The van der Waals surface area contributed by atoms with Gasteiger partial charge >= 0.3 is 0 Å². The van der Waals surface area contributed by atoms with Crippen LogP contribution in [0, 0.1) is 5.92 Å². The van der Waals surface area contributed by atoms with E-state index in [2.05, 4.69) is 24.5 Å². The lowest BCUT2D eigenvalue weighted by atomic mass is 10.0. The van der Waals surface area contributed by atoms with Crippen molar-refractivity contribution in [1.29, 1.82) is 0 Å². The number of anilines is 1. The molecule has 116 valence electrons. The molecule has 5 nitrogen and oxygen atoms in total. The fraction of sp³-hybridized carbons (Fsp3) is 0.500. The average Bonchev–Trinajstić information content (AvgIpc) is 2.43. The van der Waals surface area contributed by atoms with Crippen LogP contribution in [0.15, 0.2) is 24.3 Å². The first kappa shape index (κ1) is 17.0. The molecule has 2 amide bonds. The van der Waals surface area contributed by atoms with E-state index in [-0.39, 0.29) is 24.4 Å². The van der Waals surface area contributed by atoms with Gasteiger partial charge in [0.15, 0.2) is 0 Å². The van der Waals surface area contributed by atoms with E-state index in [0.29, 0.717) is 17.2 Å². The van der Waals surface area contributed by atoms with Crippen LogP contribution in [0.1, 0.15) is 44.0 Å². The summed E-state index contributed by atoms with van der Waals surface area (Å²) in [6, 6.07) is 6.70. The normalized spacial score (nSPS) is 12.0. The molecule has 1 atom stereocenters. The summed E-state index contributed by atoms with van der Waals surface area (Å²) in [6.45, 7) is 6.26. The van der Waals surface area contributed by atoms with E-state index < -0.39 is 0 Å². The van der Waals surface area contributed by atoms with Gasteiger partial charge in [0, 0.05) is 17.3 Å². The molecule has 0 spiro atoms. The Labute approximate surface area is 126 Å². The van der Waals surface area contributed by atoms with Gasteiger partial charge in [-0.3, -0.25) is 9.59 Å². The molecule has 1 unspecified atom stereocenters. The summed E-state index contributed by atoms with van der Waals surface area (Å²) < 4.78 is 0. The molecule has 0 aliphatic rings. The number of amides is 2. The van der Waals surface area contributed by atoms with Crippen LogP contribution in [0.2, 0.25) is 0 Å². The zero-order valence-corrected chi connectivity index (χ0v) is 13.0. The van der Waals surface area contributed by atoms with Crippen LogP contribution in [0.25, 0.3) is 0 Å². The highest BCUT2D eigenvalue weighted by Gasteiger charge is 2.10. The van der Waals surface area contributed by atoms with Crippen molar-refractivity contribution in [2.75, 3.05) is 12.3 Å². The van der Waals surface area contributed by atoms with Gasteiger partial charge in [-0.25, -0.2) is 0 Å². The fourth-order valence-electron chi connectivity index (χ4n) is 1.88. The van der Waals surface area contributed by atoms with Crippen LogP contribution in [0.4, 0.5) is 5.69 Å². The van der Waals surface area contributed by atoms with Crippen molar-refractivity contribution in [3.05, 3.63) is 29.8 Å². The first-order chi connectivity index (χ1) is 9.88. The summed E-state index contributed by atoms with van der Waals surface area (Å²) in [5, 5.41) is 5.47. The second kappa shape index (κ2) is 8.29. The van der Waals surface area contributed by atoms with E-state index in [1.807, 2.05) is 6.92 Å². The van der Waals surface area contributed by atoms with Gasteiger partial charge in [0.2, 0.25) is 5.91 Å². The number of nitrogens with one attached hydrogen (secondary N) is 2. The molecule has 4 N–H and O–H groups in total. The van der Waals surface area contributed by atoms with Gasteiger partial charge in [0.25, 0.3) is 5.91 Å². The van der Waals surface area contributed by atoms with E-state index in [1.165, 1.54) is 0 Å². The Balaban J connectivity index is 2.32. The number of nitrogens with two attached hydrogens (primary N) is 1. The van der Waals surface area contributed by atoms with Crippen LogP contribution in [-0.4, -0.2) is 24.4 Å². The molecule has 0 heterocycles. The van der Waals surface area contributed by atoms with E-state index in [0.717, 1.165) is 12.8 Å². The molecule has 5 heteroatoms. The second-order valence-electron chi connectivity index (χ2n) is 5.74. The third-order valence-electron chi connectivity index (χ3n) is 3.17. The molecule has 1 rings (SSSR count). The lowest BCUT2D eigenvalue weighted by molar-refractivity contribution is -0.120. The number of rotatable bonds is 7. The van der Waals surface area contributed by atoms with Gasteiger partial charge in [-0.15, -0.1) is 0 Å². The van der Waals surface area contributed by atoms with Gasteiger partial charge in [-0.1, -0.05) is 13.8 Å². The van der Waals surface area contributed by atoms with E-state index >= 15 is 0 Å². The van der Waals surface area contributed by atoms with Crippen molar-refractivity contribution >= 4 is 17.5 Å². The molecule has 0 aromatic heterocycles. The Bertz CT molecular complexity index is 469. The number of benzene rings is 1. The Morgan fingerprint density at radius 2 is 1.71 bits per heavy atom.